The number of nitrogens with zero attached hydrogens (tertiary/aromatic N) is 2. The fraction of sp³-hybridized carbons (Fsp3) is 0.296. The molecule has 1 heterocycles. The number of benzene rings is 3. The second kappa shape index (κ2) is 11.7. The van der Waals surface area contributed by atoms with Gasteiger partial charge in [0.15, 0.2) is 0 Å². The Hall–Kier alpha value is -2.87. The number of hydrogen-bond donors (Lipinski definition) is 1. The summed E-state index contributed by atoms with van der Waals surface area (Å²) in [4.78, 5) is 15.4. The highest BCUT2D eigenvalue weighted by atomic mass is 35.5. The standard InChI is InChI=1S/C27H30ClN3O3S/c28-24-13-15-25(16-14-24)31(35(33,34)26-7-3-1-4-8-26)21-27(32)29-19-22-9-11-23(12-10-22)20-30-17-5-2-6-18-30/h1,3-4,7-16H,2,5-6,17-21H2,(H,29,32). The zero-order valence-corrected chi connectivity index (χ0v) is 21.1. The molecule has 1 fully saturated rings. The van der Waals surface area contributed by atoms with Gasteiger partial charge in [-0.1, -0.05) is 60.5 Å². The van der Waals surface area contributed by atoms with Gasteiger partial charge in [-0.3, -0.25) is 14.0 Å². The van der Waals surface area contributed by atoms with Crippen LogP contribution in [0.15, 0.2) is 83.8 Å². The summed E-state index contributed by atoms with van der Waals surface area (Å²) in [5.41, 5.74) is 2.59. The molecule has 1 saturated heterocycles. The first-order chi connectivity index (χ1) is 16.9. The van der Waals surface area contributed by atoms with Gasteiger partial charge >= 0.3 is 0 Å². The van der Waals surface area contributed by atoms with Crippen LogP contribution < -0.4 is 9.62 Å². The number of likely N-dealkylation sites (tertiary alicyclic amines) is 1. The van der Waals surface area contributed by atoms with E-state index in [1.54, 1.807) is 42.5 Å². The third kappa shape index (κ3) is 6.84. The molecule has 4 rings (SSSR count). The first kappa shape index (κ1) is 25.2. The van der Waals surface area contributed by atoms with E-state index in [9.17, 15) is 13.2 Å². The molecule has 1 aliphatic rings. The summed E-state index contributed by atoms with van der Waals surface area (Å²) in [7, 11) is -3.94. The zero-order valence-electron chi connectivity index (χ0n) is 19.6. The van der Waals surface area contributed by atoms with Gasteiger partial charge < -0.3 is 5.32 Å². The van der Waals surface area contributed by atoms with Crippen LogP contribution >= 0.6 is 11.6 Å². The summed E-state index contributed by atoms with van der Waals surface area (Å²) >= 11 is 5.99. The molecule has 0 aliphatic carbocycles. The topological polar surface area (TPSA) is 69.7 Å². The van der Waals surface area contributed by atoms with E-state index in [1.807, 2.05) is 12.1 Å². The molecular weight excluding hydrogens is 482 g/mol. The number of sulfonamides is 1. The predicted molar refractivity (Wildman–Crippen MR) is 140 cm³/mol. The van der Waals surface area contributed by atoms with Gasteiger partial charge in [0.1, 0.15) is 6.54 Å². The number of amides is 1. The normalized spacial score (nSPS) is 14.4. The maximum atomic E-state index is 13.3. The van der Waals surface area contributed by atoms with Crippen LogP contribution in [0.2, 0.25) is 5.02 Å². The van der Waals surface area contributed by atoms with E-state index in [4.69, 9.17) is 11.6 Å². The van der Waals surface area contributed by atoms with Gasteiger partial charge in [-0.2, -0.15) is 0 Å². The molecule has 0 radical (unpaired) electrons. The fourth-order valence-corrected chi connectivity index (χ4v) is 5.74. The molecule has 3 aromatic carbocycles. The predicted octanol–water partition coefficient (Wildman–Crippen LogP) is 4.84. The molecule has 0 spiro atoms. The second-order valence-electron chi connectivity index (χ2n) is 8.73. The minimum absolute atomic E-state index is 0.118. The summed E-state index contributed by atoms with van der Waals surface area (Å²) in [6.45, 7) is 3.22. The van der Waals surface area contributed by atoms with Crippen LogP contribution in [-0.2, 0) is 27.9 Å². The summed E-state index contributed by atoms with van der Waals surface area (Å²) < 4.78 is 27.8. The highest BCUT2D eigenvalue weighted by molar-refractivity contribution is 7.92. The summed E-state index contributed by atoms with van der Waals surface area (Å²) in [6, 6.07) is 22.7. The SMILES string of the molecule is O=C(CN(c1ccc(Cl)cc1)S(=O)(=O)c1ccccc1)NCc1ccc(CN2CCCCC2)cc1. The van der Waals surface area contributed by atoms with E-state index in [-0.39, 0.29) is 11.4 Å². The number of piperidine rings is 1. The van der Waals surface area contributed by atoms with Crippen LogP contribution in [0.25, 0.3) is 0 Å². The average molecular weight is 512 g/mol. The fourth-order valence-electron chi connectivity index (χ4n) is 4.17. The van der Waals surface area contributed by atoms with Gasteiger partial charge in [-0.25, -0.2) is 8.42 Å². The maximum Gasteiger partial charge on any atom is 0.264 e. The smallest absolute Gasteiger partial charge is 0.264 e. The van der Waals surface area contributed by atoms with Crippen molar-refractivity contribution < 1.29 is 13.2 Å². The first-order valence-electron chi connectivity index (χ1n) is 11.8. The number of halogens is 1. The number of carbonyl (C=O) groups excluding carboxylic acids is 1. The Morgan fingerprint density at radius 2 is 1.49 bits per heavy atom. The number of rotatable bonds is 9. The van der Waals surface area contributed by atoms with E-state index in [0.717, 1.165) is 29.5 Å². The Morgan fingerprint density at radius 1 is 0.857 bits per heavy atom. The van der Waals surface area contributed by atoms with Crippen molar-refractivity contribution in [1.29, 1.82) is 0 Å². The van der Waals surface area contributed by atoms with Crippen LogP contribution in [0.4, 0.5) is 5.69 Å². The molecule has 0 bridgehead atoms. The minimum atomic E-state index is -3.94. The lowest BCUT2D eigenvalue weighted by molar-refractivity contribution is -0.119. The largest absolute Gasteiger partial charge is 0.350 e. The lowest BCUT2D eigenvalue weighted by Crippen LogP contribution is -2.40. The average Bonchev–Trinajstić information content (AvgIpc) is 2.88. The van der Waals surface area contributed by atoms with Gasteiger partial charge in [0.2, 0.25) is 5.91 Å². The molecule has 0 saturated carbocycles. The van der Waals surface area contributed by atoms with Gasteiger partial charge in [0.05, 0.1) is 10.6 Å². The quantitative estimate of drug-likeness (QED) is 0.446. The van der Waals surface area contributed by atoms with Crippen LogP contribution in [-0.4, -0.2) is 38.9 Å². The third-order valence-corrected chi connectivity index (χ3v) is 8.14. The monoisotopic (exact) mass is 511 g/mol. The summed E-state index contributed by atoms with van der Waals surface area (Å²) in [5.74, 6) is -0.392. The van der Waals surface area contributed by atoms with Gasteiger partial charge in [-0.15, -0.1) is 0 Å². The molecule has 1 N–H and O–H groups in total. The molecule has 35 heavy (non-hydrogen) atoms. The van der Waals surface area contributed by atoms with Gasteiger partial charge in [0, 0.05) is 18.1 Å². The van der Waals surface area contributed by atoms with Gasteiger partial charge in [0.25, 0.3) is 10.0 Å². The molecule has 0 aromatic heterocycles. The molecule has 184 valence electrons. The van der Waals surface area contributed by atoms with Crippen molar-refractivity contribution in [2.75, 3.05) is 23.9 Å². The van der Waals surface area contributed by atoms with E-state index in [0.29, 0.717) is 17.3 Å². The van der Waals surface area contributed by atoms with Crippen molar-refractivity contribution in [3.8, 4) is 0 Å². The first-order valence-corrected chi connectivity index (χ1v) is 13.6. The molecule has 3 aromatic rings. The molecule has 6 nitrogen and oxygen atoms in total. The van der Waals surface area contributed by atoms with Crippen molar-refractivity contribution in [1.82, 2.24) is 10.2 Å². The minimum Gasteiger partial charge on any atom is -0.350 e. The van der Waals surface area contributed by atoms with E-state index in [2.05, 4.69) is 22.3 Å². The Balaban J connectivity index is 1.41. The summed E-state index contributed by atoms with van der Waals surface area (Å²) in [5, 5.41) is 3.34. The Morgan fingerprint density at radius 3 is 2.14 bits per heavy atom. The highest BCUT2D eigenvalue weighted by Gasteiger charge is 2.27. The highest BCUT2D eigenvalue weighted by Crippen LogP contribution is 2.25. The molecular formula is C27H30ClN3O3S. The molecule has 0 atom stereocenters. The number of nitrogens with one attached hydrogen (secondary N) is 1. The van der Waals surface area contributed by atoms with Crippen LogP contribution in [0.3, 0.4) is 0 Å². The van der Waals surface area contributed by atoms with E-state index < -0.39 is 15.9 Å². The maximum absolute atomic E-state index is 13.3. The van der Waals surface area contributed by atoms with Crippen molar-refractivity contribution >= 4 is 33.2 Å². The van der Waals surface area contributed by atoms with Crippen LogP contribution in [0, 0.1) is 0 Å². The number of hydrogen-bond acceptors (Lipinski definition) is 4. The van der Waals surface area contributed by atoms with E-state index in [1.165, 1.54) is 37.0 Å². The van der Waals surface area contributed by atoms with E-state index >= 15 is 0 Å². The third-order valence-electron chi connectivity index (χ3n) is 6.10. The summed E-state index contributed by atoms with van der Waals surface area (Å²) in [6.07, 6.45) is 3.84. The number of carbonyl (C=O) groups is 1. The lowest BCUT2D eigenvalue weighted by atomic mass is 10.1. The van der Waals surface area contributed by atoms with Crippen molar-refractivity contribution in [3.05, 3.63) is 95.0 Å². The lowest BCUT2D eigenvalue weighted by Gasteiger charge is -2.26. The molecule has 0 unspecified atom stereocenters. The zero-order chi connectivity index (χ0) is 24.7. The van der Waals surface area contributed by atoms with Crippen LogP contribution in [0.5, 0.6) is 0 Å². The van der Waals surface area contributed by atoms with Crippen molar-refractivity contribution in [2.24, 2.45) is 0 Å². The Bertz CT molecular complexity index is 1210. The second-order valence-corrected chi connectivity index (χ2v) is 11.0. The van der Waals surface area contributed by atoms with Crippen LogP contribution in [0.1, 0.15) is 30.4 Å². The Kier molecular flexibility index (Phi) is 8.44. The van der Waals surface area contributed by atoms with Crippen molar-refractivity contribution in [2.45, 2.75) is 37.2 Å². The molecule has 1 amide bonds. The number of anilines is 1. The van der Waals surface area contributed by atoms with Gasteiger partial charge in [-0.05, 0) is 73.5 Å². The molecule has 1 aliphatic heterocycles. The molecule has 8 heteroatoms. The van der Waals surface area contributed by atoms with Crippen molar-refractivity contribution in [3.63, 3.8) is 0 Å². The Labute approximate surface area is 212 Å².